The lowest BCUT2D eigenvalue weighted by atomic mass is 10.1. The summed E-state index contributed by atoms with van der Waals surface area (Å²) in [6, 6.07) is 12.6. The topological polar surface area (TPSA) is 123 Å². The van der Waals surface area contributed by atoms with Gasteiger partial charge in [-0.2, -0.15) is 17.9 Å². The zero-order chi connectivity index (χ0) is 22.0. The fourth-order valence-electron chi connectivity index (χ4n) is 2.97. The molecule has 3 aromatic heterocycles. The molecular weight excluding hydrogens is 420 g/mol. The van der Waals surface area contributed by atoms with Crippen LogP contribution < -0.4 is 0 Å². The number of sulfonamides is 1. The lowest BCUT2D eigenvalue weighted by molar-refractivity contribution is -0.387. The van der Waals surface area contributed by atoms with Crippen LogP contribution in [0.5, 0.6) is 0 Å². The summed E-state index contributed by atoms with van der Waals surface area (Å²) in [6.45, 7) is 0. The number of rotatable bonds is 6. The molecule has 156 valence electrons. The number of pyridine rings is 2. The molecule has 0 aliphatic rings. The highest BCUT2D eigenvalue weighted by Crippen LogP contribution is 2.25. The summed E-state index contributed by atoms with van der Waals surface area (Å²) in [7, 11) is -3.00. The van der Waals surface area contributed by atoms with Crippen LogP contribution in [0.3, 0.4) is 0 Å². The SMILES string of the molecule is CN(N=Cc1cnc2ccc(-c3cccnc3)cn12)S(=O)(=O)c1ccccc1[N+](=O)[O-]. The first-order valence-electron chi connectivity index (χ1n) is 9.02. The zero-order valence-corrected chi connectivity index (χ0v) is 17.0. The summed E-state index contributed by atoms with van der Waals surface area (Å²) in [4.78, 5) is 18.4. The van der Waals surface area contributed by atoms with Gasteiger partial charge in [0.2, 0.25) is 0 Å². The molecule has 0 bridgehead atoms. The van der Waals surface area contributed by atoms with Crippen molar-refractivity contribution in [1.29, 1.82) is 0 Å². The normalized spacial score (nSPS) is 11.8. The second kappa shape index (κ2) is 7.95. The Balaban J connectivity index is 1.68. The highest BCUT2D eigenvalue weighted by atomic mass is 32.2. The Labute approximate surface area is 177 Å². The number of nitrogens with zero attached hydrogens (tertiary/aromatic N) is 6. The van der Waals surface area contributed by atoms with E-state index in [1.54, 1.807) is 23.0 Å². The maximum absolute atomic E-state index is 12.8. The molecule has 0 fully saturated rings. The average Bonchev–Trinajstić information content (AvgIpc) is 3.20. The second-order valence-corrected chi connectivity index (χ2v) is 8.40. The summed E-state index contributed by atoms with van der Waals surface area (Å²) in [6.07, 6.45) is 8.15. The molecule has 0 unspecified atom stereocenters. The smallest absolute Gasteiger partial charge is 0.289 e. The van der Waals surface area contributed by atoms with Crippen molar-refractivity contribution in [3.8, 4) is 11.1 Å². The second-order valence-electron chi connectivity index (χ2n) is 6.48. The minimum atomic E-state index is -4.22. The van der Waals surface area contributed by atoms with Gasteiger partial charge in [-0.05, 0) is 24.3 Å². The molecule has 31 heavy (non-hydrogen) atoms. The molecule has 1 aromatic carbocycles. The van der Waals surface area contributed by atoms with Gasteiger partial charge in [0, 0.05) is 42.8 Å². The van der Waals surface area contributed by atoms with Crippen LogP contribution in [0.2, 0.25) is 0 Å². The van der Waals surface area contributed by atoms with Gasteiger partial charge in [0.05, 0.1) is 23.0 Å². The van der Waals surface area contributed by atoms with Crippen LogP contribution in [0.15, 0.2) is 83.3 Å². The van der Waals surface area contributed by atoms with E-state index < -0.39 is 25.5 Å². The van der Waals surface area contributed by atoms with Gasteiger partial charge >= 0.3 is 0 Å². The van der Waals surface area contributed by atoms with Gasteiger partial charge in [0.1, 0.15) is 5.65 Å². The maximum atomic E-state index is 12.8. The summed E-state index contributed by atoms with van der Waals surface area (Å²) in [5.41, 5.74) is 2.48. The summed E-state index contributed by atoms with van der Waals surface area (Å²) in [5.74, 6) is 0. The van der Waals surface area contributed by atoms with Crippen LogP contribution in [0, 0.1) is 10.1 Å². The van der Waals surface area contributed by atoms with Crippen LogP contribution in [0.1, 0.15) is 5.69 Å². The van der Waals surface area contributed by atoms with E-state index in [2.05, 4.69) is 15.1 Å². The van der Waals surface area contributed by atoms with Gasteiger partial charge in [-0.3, -0.25) is 19.5 Å². The Hall–Kier alpha value is -4.12. The molecule has 0 radical (unpaired) electrons. The van der Waals surface area contributed by atoms with Crippen molar-refractivity contribution in [2.45, 2.75) is 4.90 Å². The quantitative estimate of drug-likeness (QED) is 0.260. The fraction of sp³-hybridized carbons (Fsp3) is 0.0500. The highest BCUT2D eigenvalue weighted by molar-refractivity contribution is 7.89. The number of hydrogen-bond donors (Lipinski definition) is 0. The number of hydrogen-bond acceptors (Lipinski definition) is 7. The molecule has 4 aromatic rings. The molecular formula is C20H16N6O4S. The number of nitro benzene ring substituents is 1. The van der Waals surface area contributed by atoms with E-state index in [-0.39, 0.29) is 0 Å². The molecule has 0 saturated heterocycles. The molecule has 11 heteroatoms. The predicted octanol–water partition coefficient (Wildman–Crippen LogP) is 2.96. The van der Waals surface area contributed by atoms with Crippen molar-refractivity contribution in [1.82, 2.24) is 18.8 Å². The average molecular weight is 436 g/mol. The molecule has 0 amide bonds. The van der Waals surface area contributed by atoms with Gasteiger partial charge in [-0.1, -0.05) is 18.2 Å². The number of imidazole rings is 1. The van der Waals surface area contributed by atoms with Gasteiger partial charge < -0.3 is 0 Å². The molecule has 0 atom stereocenters. The van der Waals surface area contributed by atoms with Crippen molar-refractivity contribution < 1.29 is 13.3 Å². The first-order chi connectivity index (χ1) is 14.9. The van der Waals surface area contributed by atoms with E-state index in [9.17, 15) is 18.5 Å². The first kappa shape index (κ1) is 20.2. The number of fused-ring (bicyclic) bond motifs is 1. The summed E-state index contributed by atoms with van der Waals surface area (Å²) in [5, 5.41) is 15.2. The van der Waals surface area contributed by atoms with E-state index in [0.29, 0.717) is 15.8 Å². The molecule has 0 saturated carbocycles. The fourth-order valence-corrected chi connectivity index (χ4v) is 4.08. The number of aromatic nitrogens is 3. The number of benzene rings is 1. The lowest BCUT2D eigenvalue weighted by Crippen LogP contribution is -2.23. The van der Waals surface area contributed by atoms with Crippen molar-refractivity contribution in [3.63, 3.8) is 0 Å². The minimum Gasteiger partial charge on any atom is -0.298 e. The Morgan fingerprint density at radius 3 is 2.65 bits per heavy atom. The maximum Gasteiger partial charge on any atom is 0.289 e. The lowest BCUT2D eigenvalue weighted by Gasteiger charge is -2.13. The van der Waals surface area contributed by atoms with Crippen molar-refractivity contribution in [3.05, 3.63) is 89.1 Å². The minimum absolute atomic E-state index is 0.434. The van der Waals surface area contributed by atoms with Crippen LogP contribution in [0.25, 0.3) is 16.8 Å². The van der Waals surface area contributed by atoms with Crippen LogP contribution in [0.4, 0.5) is 5.69 Å². The summed E-state index contributed by atoms with van der Waals surface area (Å²) < 4.78 is 28.1. The van der Waals surface area contributed by atoms with E-state index in [1.165, 1.54) is 31.5 Å². The van der Waals surface area contributed by atoms with Crippen LogP contribution in [-0.4, -0.2) is 45.4 Å². The molecule has 0 N–H and O–H groups in total. The molecule has 0 aliphatic carbocycles. The third kappa shape index (κ3) is 3.85. The van der Waals surface area contributed by atoms with E-state index in [0.717, 1.165) is 17.2 Å². The van der Waals surface area contributed by atoms with E-state index in [1.807, 2.05) is 30.5 Å². The highest BCUT2D eigenvalue weighted by Gasteiger charge is 2.28. The largest absolute Gasteiger partial charge is 0.298 e. The Morgan fingerprint density at radius 1 is 1.10 bits per heavy atom. The van der Waals surface area contributed by atoms with Crippen molar-refractivity contribution in [2.24, 2.45) is 5.10 Å². The van der Waals surface area contributed by atoms with Gasteiger partial charge in [-0.25, -0.2) is 4.98 Å². The standard InChI is InChI=1S/C20H16N6O4S/c1-24(31(29,30)19-7-3-2-6-18(19)26(27)28)23-13-17-12-22-20-9-8-16(14-25(17)20)15-5-4-10-21-11-15/h2-14H,1H3. The zero-order valence-electron chi connectivity index (χ0n) is 16.2. The third-order valence-corrected chi connectivity index (χ3v) is 6.26. The summed E-state index contributed by atoms with van der Waals surface area (Å²) >= 11 is 0. The van der Waals surface area contributed by atoms with Gasteiger partial charge in [0.25, 0.3) is 15.7 Å². The molecule has 0 aliphatic heterocycles. The predicted molar refractivity (Wildman–Crippen MR) is 114 cm³/mol. The molecule has 4 rings (SSSR count). The van der Waals surface area contributed by atoms with Crippen molar-refractivity contribution >= 4 is 27.6 Å². The molecule has 0 spiro atoms. The van der Waals surface area contributed by atoms with Gasteiger partial charge in [-0.15, -0.1) is 0 Å². The third-order valence-electron chi connectivity index (χ3n) is 4.57. The van der Waals surface area contributed by atoms with E-state index in [4.69, 9.17) is 0 Å². The van der Waals surface area contributed by atoms with E-state index >= 15 is 0 Å². The number of nitro groups is 1. The monoisotopic (exact) mass is 436 g/mol. The number of hydrazone groups is 1. The Kier molecular flexibility index (Phi) is 5.17. The molecule has 10 nitrogen and oxygen atoms in total. The Bertz CT molecular complexity index is 1400. The molecule has 3 heterocycles. The first-order valence-corrected chi connectivity index (χ1v) is 10.5. The van der Waals surface area contributed by atoms with Gasteiger partial charge in [0.15, 0.2) is 4.90 Å². The van der Waals surface area contributed by atoms with Crippen LogP contribution >= 0.6 is 0 Å². The Morgan fingerprint density at radius 2 is 1.90 bits per heavy atom. The van der Waals surface area contributed by atoms with Crippen molar-refractivity contribution in [2.75, 3.05) is 7.05 Å². The van der Waals surface area contributed by atoms with Crippen LogP contribution in [-0.2, 0) is 10.0 Å². The number of para-hydroxylation sites is 1.